The van der Waals surface area contributed by atoms with E-state index in [1.54, 1.807) is 0 Å². The Labute approximate surface area is 99.0 Å². The molecule has 0 amide bonds. The van der Waals surface area contributed by atoms with Crippen LogP contribution in [0.3, 0.4) is 0 Å². The number of hydrogen-bond donors (Lipinski definition) is 1. The molecule has 2 N–H and O–H groups in total. The van der Waals surface area contributed by atoms with Crippen LogP contribution in [0.2, 0.25) is 0 Å². The lowest BCUT2D eigenvalue weighted by atomic mass is 9.93. The van der Waals surface area contributed by atoms with Crippen molar-refractivity contribution in [2.24, 2.45) is 5.73 Å². The number of nitrogens with zero attached hydrogens (tertiary/aromatic N) is 1. The molecule has 3 heteroatoms. The topological polar surface area (TPSA) is 29.3 Å². The van der Waals surface area contributed by atoms with Crippen molar-refractivity contribution in [1.82, 2.24) is 4.90 Å². The molecule has 1 aliphatic rings. The van der Waals surface area contributed by atoms with E-state index < -0.39 is 0 Å². The number of nitrogens with two attached hydrogens (primary N) is 1. The van der Waals surface area contributed by atoms with Crippen LogP contribution >= 0.6 is 11.8 Å². The summed E-state index contributed by atoms with van der Waals surface area (Å²) in [6.45, 7) is 4.30. The fraction of sp³-hybridized carbons (Fsp3) is 1.00. The third-order valence-corrected chi connectivity index (χ3v) is 4.91. The molecule has 1 heterocycles. The smallest absolute Gasteiger partial charge is 0.0419 e. The second kappa shape index (κ2) is 6.77. The van der Waals surface area contributed by atoms with Gasteiger partial charge in [-0.25, -0.2) is 0 Å². The molecule has 1 unspecified atom stereocenters. The average Bonchev–Trinajstić information content (AvgIpc) is 2.30. The SMILES string of the molecule is CCCCCN(C)C1(CN)CCCSC1. The minimum atomic E-state index is 0.302. The third-order valence-electron chi connectivity index (χ3n) is 3.59. The monoisotopic (exact) mass is 230 g/mol. The van der Waals surface area contributed by atoms with Crippen LogP contribution in [0, 0.1) is 0 Å². The van der Waals surface area contributed by atoms with Gasteiger partial charge in [0.05, 0.1) is 0 Å². The molecule has 15 heavy (non-hydrogen) atoms. The summed E-state index contributed by atoms with van der Waals surface area (Å²) in [5.41, 5.74) is 6.29. The first-order valence-electron chi connectivity index (χ1n) is 6.24. The van der Waals surface area contributed by atoms with Crippen LogP contribution in [0.15, 0.2) is 0 Å². The first-order chi connectivity index (χ1) is 7.25. The molecule has 1 fully saturated rings. The molecule has 1 saturated heterocycles. The van der Waals surface area contributed by atoms with Gasteiger partial charge in [0, 0.05) is 17.8 Å². The molecule has 0 aromatic rings. The number of rotatable bonds is 6. The standard InChI is InChI=1S/C12H26N2S/c1-3-4-5-8-14(2)12(10-13)7-6-9-15-11-12/h3-11,13H2,1-2H3. The zero-order valence-electron chi connectivity index (χ0n) is 10.3. The maximum Gasteiger partial charge on any atom is 0.0419 e. The van der Waals surface area contributed by atoms with Gasteiger partial charge in [0.25, 0.3) is 0 Å². The zero-order chi connectivity index (χ0) is 11.1. The highest BCUT2D eigenvalue weighted by atomic mass is 32.2. The molecule has 1 atom stereocenters. The molecular formula is C12H26N2S. The fourth-order valence-corrected chi connectivity index (χ4v) is 3.65. The molecule has 0 aromatic carbocycles. The number of thioether (sulfide) groups is 1. The molecule has 1 rings (SSSR count). The zero-order valence-corrected chi connectivity index (χ0v) is 11.1. The molecule has 0 bridgehead atoms. The number of likely N-dealkylation sites (N-methyl/N-ethyl adjacent to an activating group) is 1. The molecule has 0 saturated carbocycles. The van der Waals surface area contributed by atoms with Crippen molar-refractivity contribution in [1.29, 1.82) is 0 Å². The summed E-state index contributed by atoms with van der Waals surface area (Å²) in [5.74, 6) is 2.55. The summed E-state index contributed by atoms with van der Waals surface area (Å²) in [6, 6.07) is 0. The highest BCUT2D eigenvalue weighted by Crippen LogP contribution is 2.30. The quantitative estimate of drug-likeness (QED) is 0.710. The highest BCUT2D eigenvalue weighted by molar-refractivity contribution is 7.99. The van der Waals surface area contributed by atoms with Gasteiger partial charge < -0.3 is 5.73 Å². The van der Waals surface area contributed by atoms with Crippen LogP contribution in [0.1, 0.15) is 39.0 Å². The summed E-state index contributed by atoms with van der Waals surface area (Å²) in [6.07, 6.45) is 6.59. The second-order valence-electron chi connectivity index (χ2n) is 4.71. The van der Waals surface area contributed by atoms with Gasteiger partial charge in [-0.3, -0.25) is 4.90 Å². The predicted octanol–water partition coefficient (Wildman–Crippen LogP) is 2.33. The lowest BCUT2D eigenvalue weighted by Gasteiger charge is -2.43. The minimum Gasteiger partial charge on any atom is -0.329 e. The molecule has 0 radical (unpaired) electrons. The van der Waals surface area contributed by atoms with Crippen LogP contribution in [0.4, 0.5) is 0 Å². The maximum atomic E-state index is 5.99. The van der Waals surface area contributed by atoms with Gasteiger partial charge in [-0.15, -0.1) is 0 Å². The van der Waals surface area contributed by atoms with E-state index in [1.807, 2.05) is 0 Å². The molecular weight excluding hydrogens is 204 g/mol. The molecule has 0 aliphatic carbocycles. The van der Waals surface area contributed by atoms with E-state index >= 15 is 0 Å². The predicted molar refractivity (Wildman–Crippen MR) is 70.5 cm³/mol. The van der Waals surface area contributed by atoms with Crippen LogP contribution in [-0.4, -0.2) is 42.1 Å². The van der Waals surface area contributed by atoms with Crippen molar-refractivity contribution in [3.05, 3.63) is 0 Å². The lowest BCUT2D eigenvalue weighted by Crippen LogP contribution is -2.55. The second-order valence-corrected chi connectivity index (χ2v) is 5.82. The Bertz CT molecular complexity index is 167. The van der Waals surface area contributed by atoms with Crippen LogP contribution < -0.4 is 5.73 Å². The molecule has 0 spiro atoms. The molecule has 1 aliphatic heterocycles. The highest BCUT2D eigenvalue weighted by Gasteiger charge is 2.34. The number of unbranched alkanes of at least 4 members (excludes halogenated alkanes) is 2. The van der Waals surface area contributed by atoms with Crippen molar-refractivity contribution in [2.45, 2.75) is 44.6 Å². The Morgan fingerprint density at radius 1 is 1.40 bits per heavy atom. The Balaban J connectivity index is 2.40. The first-order valence-corrected chi connectivity index (χ1v) is 7.40. The van der Waals surface area contributed by atoms with E-state index in [9.17, 15) is 0 Å². The van der Waals surface area contributed by atoms with Crippen molar-refractivity contribution < 1.29 is 0 Å². The molecule has 0 aromatic heterocycles. The van der Waals surface area contributed by atoms with Crippen molar-refractivity contribution in [3.8, 4) is 0 Å². The summed E-state index contributed by atoms with van der Waals surface area (Å²) >= 11 is 2.07. The van der Waals surface area contributed by atoms with E-state index in [1.165, 1.54) is 50.2 Å². The van der Waals surface area contributed by atoms with Gasteiger partial charge in [0.1, 0.15) is 0 Å². The van der Waals surface area contributed by atoms with Gasteiger partial charge in [0.15, 0.2) is 0 Å². The third kappa shape index (κ3) is 3.65. The van der Waals surface area contributed by atoms with Crippen LogP contribution in [0.5, 0.6) is 0 Å². The lowest BCUT2D eigenvalue weighted by molar-refractivity contribution is 0.132. The normalized spacial score (nSPS) is 27.2. The summed E-state index contributed by atoms with van der Waals surface area (Å²) in [7, 11) is 2.26. The fourth-order valence-electron chi connectivity index (χ4n) is 2.29. The first kappa shape index (κ1) is 13.3. The molecule has 2 nitrogen and oxygen atoms in total. The Morgan fingerprint density at radius 3 is 2.73 bits per heavy atom. The van der Waals surface area contributed by atoms with E-state index in [0.29, 0.717) is 5.54 Å². The summed E-state index contributed by atoms with van der Waals surface area (Å²) in [5, 5.41) is 0. The van der Waals surface area contributed by atoms with E-state index in [4.69, 9.17) is 5.73 Å². The maximum absolute atomic E-state index is 5.99. The number of hydrogen-bond acceptors (Lipinski definition) is 3. The van der Waals surface area contributed by atoms with Gasteiger partial charge in [-0.2, -0.15) is 11.8 Å². The van der Waals surface area contributed by atoms with Gasteiger partial charge in [-0.1, -0.05) is 19.8 Å². The summed E-state index contributed by atoms with van der Waals surface area (Å²) < 4.78 is 0. The summed E-state index contributed by atoms with van der Waals surface area (Å²) in [4.78, 5) is 2.52. The van der Waals surface area contributed by atoms with E-state index in [0.717, 1.165) is 6.54 Å². The Morgan fingerprint density at radius 2 is 2.20 bits per heavy atom. The van der Waals surface area contributed by atoms with Gasteiger partial charge in [0.2, 0.25) is 0 Å². The Hall–Kier alpha value is 0.270. The van der Waals surface area contributed by atoms with Crippen molar-refractivity contribution in [3.63, 3.8) is 0 Å². The van der Waals surface area contributed by atoms with Gasteiger partial charge >= 0.3 is 0 Å². The largest absolute Gasteiger partial charge is 0.329 e. The van der Waals surface area contributed by atoms with Crippen LogP contribution in [0.25, 0.3) is 0 Å². The average molecular weight is 230 g/mol. The van der Waals surface area contributed by atoms with E-state index in [2.05, 4.69) is 30.6 Å². The Kier molecular flexibility index (Phi) is 6.02. The van der Waals surface area contributed by atoms with E-state index in [-0.39, 0.29) is 0 Å². The van der Waals surface area contributed by atoms with Crippen molar-refractivity contribution in [2.75, 3.05) is 31.6 Å². The van der Waals surface area contributed by atoms with Crippen molar-refractivity contribution >= 4 is 11.8 Å². The molecule has 90 valence electrons. The van der Waals surface area contributed by atoms with Crippen LogP contribution in [-0.2, 0) is 0 Å². The minimum absolute atomic E-state index is 0.302. The van der Waals surface area contributed by atoms with Gasteiger partial charge in [-0.05, 0) is 38.6 Å².